The van der Waals surface area contributed by atoms with Crippen LogP contribution >= 0.6 is 0 Å². The quantitative estimate of drug-likeness (QED) is 0.479. The van der Waals surface area contributed by atoms with Crippen molar-refractivity contribution in [2.45, 2.75) is 38.5 Å². The van der Waals surface area contributed by atoms with E-state index in [0.29, 0.717) is 11.6 Å². The van der Waals surface area contributed by atoms with Gasteiger partial charge in [0.05, 0.1) is 0 Å². The number of aromatic amines is 1. The maximum absolute atomic E-state index is 12.4. The highest BCUT2D eigenvalue weighted by Gasteiger charge is 2.21. The van der Waals surface area contributed by atoms with E-state index < -0.39 is 11.2 Å². The SMILES string of the molecule is CCC1CCCc2c1ccc1c2cc(Nc2cn(C)c(=O)[nH]c2=O)c2ccccc21. The topological polar surface area (TPSA) is 66.9 Å². The lowest BCUT2D eigenvalue weighted by molar-refractivity contribution is 0.542. The third-order valence-corrected chi connectivity index (χ3v) is 6.48. The summed E-state index contributed by atoms with van der Waals surface area (Å²) in [5.74, 6) is 0.618. The molecule has 30 heavy (non-hydrogen) atoms. The molecule has 0 amide bonds. The van der Waals surface area contributed by atoms with Crippen LogP contribution in [0.25, 0.3) is 21.5 Å². The number of anilines is 2. The third kappa shape index (κ3) is 2.93. The van der Waals surface area contributed by atoms with Gasteiger partial charge in [0.25, 0.3) is 5.56 Å². The minimum absolute atomic E-state index is 0.359. The summed E-state index contributed by atoms with van der Waals surface area (Å²) in [4.78, 5) is 26.5. The Morgan fingerprint density at radius 1 is 1.03 bits per heavy atom. The monoisotopic (exact) mass is 399 g/mol. The van der Waals surface area contributed by atoms with E-state index >= 15 is 0 Å². The molecule has 0 saturated carbocycles. The molecule has 3 aromatic carbocycles. The second kappa shape index (κ2) is 7.17. The smallest absolute Gasteiger partial charge is 0.328 e. The normalized spacial score (nSPS) is 16.0. The highest BCUT2D eigenvalue weighted by Crippen LogP contribution is 2.41. The molecule has 5 heteroatoms. The van der Waals surface area contributed by atoms with E-state index in [0.717, 1.165) is 23.9 Å². The maximum atomic E-state index is 12.4. The number of benzene rings is 3. The molecule has 0 aliphatic heterocycles. The fraction of sp³-hybridized carbons (Fsp3) is 0.280. The van der Waals surface area contributed by atoms with Gasteiger partial charge < -0.3 is 9.88 Å². The van der Waals surface area contributed by atoms with Crippen LogP contribution in [0.4, 0.5) is 11.4 Å². The van der Waals surface area contributed by atoms with Crippen molar-refractivity contribution < 1.29 is 0 Å². The van der Waals surface area contributed by atoms with E-state index in [4.69, 9.17) is 0 Å². The van der Waals surface area contributed by atoms with E-state index in [-0.39, 0.29) is 0 Å². The Kier molecular flexibility index (Phi) is 4.46. The summed E-state index contributed by atoms with van der Waals surface area (Å²) in [5.41, 5.74) is 3.32. The largest absolute Gasteiger partial charge is 0.349 e. The summed E-state index contributed by atoms with van der Waals surface area (Å²) in [6.45, 7) is 2.27. The fourth-order valence-electron chi connectivity index (χ4n) is 4.92. The summed E-state index contributed by atoms with van der Waals surface area (Å²) < 4.78 is 1.38. The van der Waals surface area contributed by atoms with Crippen LogP contribution in [-0.2, 0) is 13.5 Å². The molecule has 5 rings (SSSR count). The van der Waals surface area contributed by atoms with Gasteiger partial charge in [0, 0.05) is 24.3 Å². The highest BCUT2D eigenvalue weighted by atomic mass is 16.2. The minimum Gasteiger partial charge on any atom is -0.349 e. The first-order valence-electron chi connectivity index (χ1n) is 10.6. The second-order valence-electron chi connectivity index (χ2n) is 8.23. The number of H-pyrrole nitrogens is 1. The van der Waals surface area contributed by atoms with Crippen LogP contribution in [-0.4, -0.2) is 9.55 Å². The number of hydrogen-bond donors (Lipinski definition) is 2. The molecular weight excluding hydrogens is 374 g/mol. The Morgan fingerprint density at radius 3 is 2.60 bits per heavy atom. The number of nitrogens with one attached hydrogen (secondary N) is 2. The predicted octanol–water partition coefficient (Wildman–Crippen LogP) is 4.95. The molecule has 4 aromatic rings. The summed E-state index contributed by atoms with van der Waals surface area (Å²) in [7, 11) is 1.63. The van der Waals surface area contributed by atoms with Crippen molar-refractivity contribution in [2.24, 2.45) is 7.05 Å². The lowest BCUT2D eigenvalue weighted by Crippen LogP contribution is -2.28. The molecule has 0 bridgehead atoms. The van der Waals surface area contributed by atoms with E-state index in [2.05, 4.69) is 53.6 Å². The average Bonchev–Trinajstić information content (AvgIpc) is 2.77. The van der Waals surface area contributed by atoms with Crippen molar-refractivity contribution in [1.29, 1.82) is 0 Å². The van der Waals surface area contributed by atoms with Gasteiger partial charge in [-0.05, 0) is 65.0 Å². The van der Waals surface area contributed by atoms with Crippen molar-refractivity contribution in [1.82, 2.24) is 9.55 Å². The number of aryl methyl sites for hydroxylation is 2. The molecule has 1 unspecified atom stereocenters. The Labute approximate surface area is 174 Å². The molecule has 0 spiro atoms. The first kappa shape index (κ1) is 18.7. The Hall–Kier alpha value is -3.34. The zero-order valence-electron chi connectivity index (χ0n) is 17.3. The first-order valence-corrected chi connectivity index (χ1v) is 10.6. The molecule has 2 N–H and O–H groups in total. The number of fused-ring (bicyclic) bond motifs is 5. The fourth-order valence-corrected chi connectivity index (χ4v) is 4.92. The standard InChI is InChI=1S/C25H25N3O2/c1-3-15-7-6-10-17-16(15)11-12-19-18-8-4-5-9-20(18)22(13-21(17)19)26-23-14-28(2)25(30)27-24(23)29/h4-5,8-9,11-15,26H,3,6-7,10H2,1-2H3,(H,27,29,30). The molecule has 0 saturated heterocycles. The molecular formula is C25H25N3O2. The average molecular weight is 399 g/mol. The van der Waals surface area contributed by atoms with Crippen LogP contribution in [0.3, 0.4) is 0 Å². The summed E-state index contributed by atoms with van der Waals surface area (Å²) >= 11 is 0. The molecule has 152 valence electrons. The van der Waals surface area contributed by atoms with Gasteiger partial charge in [0.1, 0.15) is 5.69 Å². The molecule has 1 aliphatic carbocycles. The van der Waals surface area contributed by atoms with Gasteiger partial charge in [-0.3, -0.25) is 9.78 Å². The van der Waals surface area contributed by atoms with Crippen LogP contribution in [0.15, 0.2) is 58.3 Å². The van der Waals surface area contributed by atoms with Crippen LogP contribution in [0.2, 0.25) is 0 Å². The first-order chi connectivity index (χ1) is 14.6. The van der Waals surface area contributed by atoms with E-state index in [1.807, 2.05) is 6.07 Å². The molecule has 1 heterocycles. The Bertz CT molecular complexity index is 1400. The minimum atomic E-state index is -0.423. The summed E-state index contributed by atoms with van der Waals surface area (Å²) in [5, 5.41) is 8.04. The third-order valence-electron chi connectivity index (χ3n) is 6.48. The molecule has 1 atom stereocenters. The maximum Gasteiger partial charge on any atom is 0.328 e. The van der Waals surface area contributed by atoms with Crippen LogP contribution in [0, 0.1) is 0 Å². The van der Waals surface area contributed by atoms with Gasteiger partial charge in [-0.25, -0.2) is 4.79 Å². The lowest BCUT2D eigenvalue weighted by atomic mass is 9.79. The van der Waals surface area contributed by atoms with Gasteiger partial charge in [-0.15, -0.1) is 0 Å². The van der Waals surface area contributed by atoms with Crippen molar-refractivity contribution in [3.8, 4) is 0 Å². The van der Waals surface area contributed by atoms with Crippen LogP contribution < -0.4 is 16.6 Å². The summed E-state index contributed by atoms with van der Waals surface area (Å²) in [6.07, 6.45) is 6.25. The number of aromatic nitrogens is 2. The Morgan fingerprint density at radius 2 is 1.80 bits per heavy atom. The Balaban J connectivity index is 1.78. The molecule has 1 aliphatic rings. The second-order valence-corrected chi connectivity index (χ2v) is 8.23. The van der Waals surface area contributed by atoms with Gasteiger partial charge in [0.2, 0.25) is 0 Å². The number of nitrogens with zero attached hydrogens (tertiary/aromatic N) is 1. The van der Waals surface area contributed by atoms with Gasteiger partial charge in [0.15, 0.2) is 0 Å². The number of rotatable bonds is 3. The highest BCUT2D eigenvalue weighted by molar-refractivity contribution is 6.14. The van der Waals surface area contributed by atoms with Gasteiger partial charge in [-0.1, -0.05) is 43.3 Å². The van der Waals surface area contributed by atoms with Crippen molar-refractivity contribution in [3.05, 3.63) is 80.6 Å². The van der Waals surface area contributed by atoms with Crippen molar-refractivity contribution >= 4 is 32.9 Å². The van der Waals surface area contributed by atoms with Crippen LogP contribution in [0.5, 0.6) is 0 Å². The lowest BCUT2D eigenvalue weighted by Gasteiger charge is -2.26. The van der Waals surface area contributed by atoms with Gasteiger partial charge >= 0.3 is 5.69 Å². The molecule has 0 fully saturated rings. The predicted molar refractivity (Wildman–Crippen MR) is 123 cm³/mol. The van der Waals surface area contributed by atoms with Crippen molar-refractivity contribution in [3.63, 3.8) is 0 Å². The zero-order chi connectivity index (χ0) is 20.8. The zero-order valence-corrected chi connectivity index (χ0v) is 17.3. The van der Waals surface area contributed by atoms with Gasteiger partial charge in [-0.2, -0.15) is 0 Å². The molecule has 1 aromatic heterocycles. The van der Waals surface area contributed by atoms with Crippen LogP contribution in [0.1, 0.15) is 43.2 Å². The molecule has 0 radical (unpaired) electrons. The van der Waals surface area contributed by atoms with Crippen molar-refractivity contribution in [2.75, 3.05) is 5.32 Å². The summed E-state index contributed by atoms with van der Waals surface area (Å²) in [6, 6.07) is 15.0. The van der Waals surface area contributed by atoms with E-state index in [1.54, 1.807) is 13.2 Å². The van der Waals surface area contributed by atoms with E-state index in [9.17, 15) is 9.59 Å². The van der Waals surface area contributed by atoms with E-state index in [1.165, 1.54) is 44.7 Å². The number of hydrogen-bond acceptors (Lipinski definition) is 3. The molecule has 5 nitrogen and oxygen atoms in total.